The molecule has 0 atom stereocenters. The van der Waals surface area contributed by atoms with Crippen LogP contribution in [-0.2, 0) is 9.53 Å². The van der Waals surface area contributed by atoms with Crippen molar-refractivity contribution in [3.05, 3.63) is 71.5 Å². The van der Waals surface area contributed by atoms with Crippen molar-refractivity contribution in [1.82, 2.24) is 4.57 Å². The van der Waals surface area contributed by atoms with Crippen molar-refractivity contribution in [2.75, 3.05) is 26.1 Å². The van der Waals surface area contributed by atoms with Gasteiger partial charge in [0.1, 0.15) is 11.5 Å². The Balaban J connectivity index is 1.61. The average molecular weight is 408 g/mol. The van der Waals surface area contributed by atoms with Crippen molar-refractivity contribution in [2.24, 2.45) is 0 Å². The summed E-state index contributed by atoms with van der Waals surface area (Å²) in [4.78, 5) is 24.5. The summed E-state index contributed by atoms with van der Waals surface area (Å²) in [5.74, 6) is -0.0154. The highest BCUT2D eigenvalue weighted by molar-refractivity contribution is 5.96. The molecule has 0 saturated carbocycles. The Morgan fingerprint density at radius 2 is 1.57 bits per heavy atom. The molecule has 156 valence electrons. The molecule has 3 rings (SSSR count). The molecule has 0 radical (unpaired) electrons. The summed E-state index contributed by atoms with van der Waals surface area (Å²) in [6, 6.07) is 16.1. The minimum absolute atomic E-state index is 0.368. The van der Waals surface area contributed by atoms with Gasteiger partial charge in [0, 0.05) is 23.1 Å². The van der Waals surface area contributed by atoms with Crippen molar-refractivity contribution < 1.29 is 23.8 Å². The molecule has 0 fully saturated rings. The number of ether oxygens (including phenoxy) is 3. The van der Waals surface area contributed by atoms with Crippen molar-refractivity contribution in [2.45, 2.75) is 13.8 Å². The van der Waals surface area contributed by atoms with E-state index >= 15 is 0 Å². The second kappa shape index (κ2) is 9.17. The lowest BCUT2D eigenvalue weighted by molar-refractivity contribution is -0.119. The lowest BCUT2D eigenvalue weighted by Gasteiger charge is -2.12. The first-order valence-corrected chi connectivity index (χ1v) is 9.37. The quantitative estimate of drug-likeness (QED) is 0.600. The summed E-state index contributed by atoms with van der Waals surface area (Å²) in [5, 5.41) is 2.66. The molecule has 1 amide bonds. The molecule has 0 bridgehead atoms. The van der Waals surface area contributed by atoms with Gasteiger partial charge in [0.2, 0.25) is 0 Å². The zero-order valence-corrected chi connectivity index (χ0v) is 17.4. The molecule has 7 heteroatoms. The number of carbonyl (C=O) groups is 2. The van der Waals surface area contributed by atoms with Gasteiger partial charge in [-0.3, -0.25) is 4.79 Å². The minimum Gasteiger partial charge on any atom is -0.497 e. The van der Waals surface area contributed by atoms with E-state index in [1.165, 1.54) is 14.2 Å². The van der Waals surface area contributed by atoms with Gasteiger partial charge in [-0.2, -0.15) is 0 Å². The van der Waals surface area contributed by atoms with Crippen LogP contribution in [0.2, 0.25) is 0 Å². The van der Waals surface area contributed by atoms with Crippen molar-refractivity contribution in [1.29, 1.82) is 0 Å². The predicted octanol–water partition coefficient (Wildman–Crippen LogP) is 3.91. The molecule has 1 N–H and O–H groups in total. The highest BCUT2D eigenvalue weighted by Gasteiger charge is 2.13. The van der Waals surface area contributed by atoms with Gasteiger partial charge in [-0.1, -0.05) is 0 Å². The maximum atomic E-state index is 12.3. The Kier molecular flexibility index (Phi) is 6.41. The number of carbonyl (C=O) groups excluding carboxylic acids is 2. The topological polar surface area (TPSA) is 78.8 Å². The molecule has 7 nitrogen and oxygen atoms in total. The number of benzene rings is 2. The first kappa shape index (κ1) is 21.0. The third kappa shape index (κ3) is 4.63. The lowest BCUT2D eigenvalue weighted by Crippen LogP contribution is -2.21. The first-order chi connectivity index (χ1) is 14.4. The van der Waals surface area contributed by atoms with E-state index in [1.807, 2.05) is 38.1 Å². The van der Waals surface area contributed by atoms with Gasteiger partial charge in [0.25, 0.3) is 5.91 Å². The third-order valence-electron chi connectivity index (χ3n) is 4.65. The average Bonchev–Trinajstić information content (AvgIpc) is 3.10. The van der Waals surface area contributed by atoms with Crippen LogP contribution >= 0.6 is 0 Å². The highest BCUT2D eigenvalue weighted by atomic mass is 16.5. The third-order valence-corrected chi connectivity index (χ3v) is 4.65. The molecule has 2 aromatic carbocycles. The molecular formula is C23H24N2O5. The summed E-state index contributed by atoms with van der Waals surface area (Å²) in [5.41, 5.74) is 3.96. The van der Waals surface area contributed by atoms with E-state index in [-0.39, 0.29) is 0 Å². The fraction of sp³-hybridized carbons (Fsp3) is 0.217. The van der Waals surface area contributed by atoms with Crippen LogP contribution in [0.25, 0.3) is 5.69 Å². The largest absolute Gasteiger partial charge is 0.497 e. The van der Waals surface area contributed by atoms with E-state index in [1.54, 1.807) is 30.3 Å². The van der Waals surface area contributed by atoms with E-state index in [4.69, 9.17) is 14.2 Å². The van der Waals surface area contributed by atoms with Crippen LogP contribution in [0.15, 0.2) is 54.6 Å². The van der Waals surface area contributed by atoms with Crippen LogP contribution < -0.4 is 14.8 Å². The molecule has 0 unspecified atom stereocenters. The highest BCUT2D eigenvalue weighted by Crippen LogP contribution is 2.28. The number of anilines is 1. The van der Waals surface area contributed by atoms with Crippen LogP contribution in [-0.4, -0.2) is 37.3 Å². The van der Waals surface area contributed by atoms with Crippen molar-refractivity contribution in [3.63, 3.8) is 0 Å². The molecule has 30 heavy (non-hydrogen) atoms. The number of methoxy groups -OCH3 is 2. The fourth-order valence-corrected chi connectivity index (χ4v) is 3.13. The van der Waals surface area contributed by atoms with Crippen LogP contribution in [0.1, 0.15) is 21.7 Å². The van der Waals surface area contributed by atoms with Crippen LogP contribution in [0.3, 0.4) is 0 Å². The Labute approximate surface area is 175 Å². The minimum atomic E-state index is -0.574. The van der Waals surface area contributed by atoms with Gasteiger partial charge in [0.15, 0.2) is 6.61 Å². The first-order valence-electron chi connectivity index (χ1n) is 9.37. The second-order valence-electron chi connectivity index (χ2n) is 6.69. The molecule has 1 heterocycles. The molecule has 3 aromatic rings. The normalized spacial score (nSPS) is 10.4. The van der Waals surface area contributed by atoms with Gasteiger partial charge < -0.3 is 24.1 Å². The van der Waals surface area contributed by atoms with Gasteiger partial charge in [-0.05, 0) is 62.4 Å². The Morgan fingerprint density at radius 3 is 2.17 bits per heavy atom. The molecule has 0 aliphatic heterocycles. The van der Waals surface area contributed by atoms with Crippen molar-refractivity contribution in [3.8, 4) is 17.2 Å². The van der Waals surface area contributed by atoms with Gasteiger partial charge in [0.05, 0.1) is 25.5 Å². The van der Waals surface area contributed by atoms with Crippen molar-refractivity contribution >= 4 is 17.6 Å². The number of aryl methyl sites for hydroxylation is 2. The van der Waals surface area contributed by atoms with Crippen LogP contribution in [0.4, 0.5) is 5.69 Å². The number of esters is 1. The molecule has 1 aromatic heterocycles. The molecule has 0 aliphatic carbocycles. The number of nitrogens with zero attached hydrogens (tertiary/aromatic N) is 1. The van der Waals surface area contributed by atoms with Crippen LogP contribution in [0.5, 0.6) is 11.5 Å². The summed E-state index contributed by atoms with van der Waals surface area (Å²) in [7, 11) is 3.03. The zero-order valence-electron chi connectivity index (χ0n) is 17.4. The SMILES string of the molecule is COc1ccc(OC)c(NC(=O)COC(=O)c2ccc(-n3c(C)ccc3C)cc2)c1. The Morgan fingerprint density at radius 1 is 0.900 bits per heavy atom. The Hall–Kier alpha value is -3.74. The maximum Gasteiger partial charge on any atom is 0.338 e. The molecule has 0 spiro atoms. The lowest BCUT2D eigenvalue weighted by atomic mass is 10.2. The summed E-state index contributed by atoms with van der Waals surface area (Å²) in [6.07, 6.45) is 0. The van der Waals surface area contributed by atoms with E-state index in [9.17, 15) is 9.59 Å². The van der Waals surface area contributed by atoms with Crippen LogP contribution in [0, 0.1) is 13.8 Å². The number of hydrogen-bond donors (Lipinski definition) is 1. The van der Waals surface area contributed by atoms with E-state index in [0.717, 1.165) is 17.1 Å². The monoisotopic (exact) mass is 408 g/mol. The number of rotatable bonds is 7. The van der Waals surface area contributed by atoms with E-state index in [2.05, 4.69) is 9.88 Å². The fourth-order valence-electron chi connectivity index (χ4n) is 3.13. The molecular weight excluding hydrogens is 384 g/mol. The summed E-state index contributed by atoms with van der Waals surface area (Å²) in [6.45, 7) is 3.62. The number of hydrogen-bond acceptors (Lipinski definition) is 5. The number of aromatic nitrogens is 1. The van der Waals surface area contributed by atoms with Gasteiger partial charge >= 0.3 is 5.97 Å². The number of nitrogens with one attached hydrogen (secondary N) is 1. The molecule has 0 aliphatic rings. The smallest absolute Gasteiger partial charge is 0.338 e. The van der Waals surface area contributed by atoms with Gasteiger partial charge in [-0.25, -0.2) is 4.79 Å². The molecule has 0 saturated heterocycles. The standard InChI is InChI=1S/C23H24N2O5/c1-15-5-6-16(2)25(15)18-9-7-17(8-10-18)23(27)30-14-22(26)24-20-13-19(28-3)11-12-21(20)29-4/h5-13H,14H2,1-4H3,(H,24,26). The summed E-state index contributed by atoms with van der Waals surface area (Å²) >= 11 is 0. The Bertz CT molecular complexity index is 1030. The maximum absolute atomic E-state index is 12.3. The van der Waals surface area contributed by atoms with E-state index in [0.29, 0.717) is 22.7 Å². The van der Waals surface area contributed by atoms with Gasteiger partial charge in [-0.15, -0.1) is 0 Å². The van der Waals surface area contributed by atoms with E-state index < -0.39 is 18.5 Å². The second-order valence-corrected chi connectivity index (χ2v) is 6.69. The predicted molar refractivity (Wildman–Crippen MR) is 114 cm³/mol. The summed E-state index contributed by atoms with van der Waals surface area (Å²) < 4.78 is 17.6. The zero-order chi connectivity index (χ0) is 21.7. The number of amides is 1.